The molecule has 5 nitrogen and oxygen atoms in total. The first kappa shape index (κ1) is 17.5. The van der Waals surface area contributed by atoms with Gasteiger partial charge in [-0.15, -0.1) is 0 Å². The van der Waals surface area contributed by atoms with Crippen LogP contribution in [0.4, 0.5) is 5.69 Å². The zero-order valence-corrected chi connectivity index (χ0v) is 15.7. The van der Waals surface area contributed by atoms with Crippen LogP contribution in [-0.2, 0) is 28.7 Å². The van der Waals surface area contributed by atoms with Gasteiger partial charge in [0.15, 0.2) is 0 Å². The Morgan fingerprint density at radius 2 is 1.69 bits per heavy atom. The van der Waals surface area contributed by atoms with E-state index in [0.29, 0.717) is 13.1 Å². The van der Waals surface area contributed by atoms with Crippen LogP contribution in [-0.4, -0.2) is 50.3 Å². The van der Waals surface area contributed by atoms with Crippen LogP contribution in [0.3, 0.4) is 0 Å². The quantitative estimate of drug-likeness (QED) is 0.876. The molecule has 2 aromatic rings. The number of hydrogen-bond donors (Lipinski definition) is 1. The Balaban J connectivity index is 1.36. The largest absolute Gasteiger partial charge is 0.384 e. The van der Waals surface area contributed by atoms with Crippen molar-refractivity contribution in [3.63, 3.8) is 0 Å². The normalized spacial score (nSPS) is 18.5. The molecule has 4 rings (SSSR count). The highest BCUT2D eigenvalue weighted by molar-refractivity contribution is 7.88. The molecule has 0 atom stereocenters. The summed E-state index contributed by atoms with van der Waals surface area (Å²) in [6.45, 7) is 4.57. The van der Waals surface area contributed by atoms with Gasteiger partial charge in [0.05, 0.1) is 5.75 Å². The van der Waals surface area contributed by atoms with Crippen molar-refractivity contribution < 1.29 is 8.42 Å². The molecule has 138 valence electrons. The van der Waals surface area contributed by atoms with Gasteiger partial charge < -0.3 is 5.32 Å². The summed E-state index contributed by atoms with van der Waals surface area (Å²) in [6.07, 6.45) is 1.09. The molecule has 0 radical (unpaired) electrons. The van der Waals surface area contributed by atoms with Crippen molar-refractivity contribution in [2.45, 2.75) is 18.7 Å². The zero-order valence-electron chi connectivity index (χ0n) is 14.9. The van der Waals surface area contributed by atoms with Gasteiger partial charge in [-0.05, 0) is 23.1 Å². The second-order valence-corrected chi connectivity index (χ2v) is 9.01. The van der Waals surface area contributed by atoms with Gasteiger partial charge in [0.25, 0.3) is 0 Å². The molecule has 0 bridgehead atoms. The minimum atomic E-state index is -3.25. The van der Waals surface area contributed by atoms with Gasteiger partial charge in [-0.1, -0.05) is 48.5 Å². The van der Waals surface area contributed by atoms with Crippen LogP contribution in [0.5, 0.6) is 0 Å². The van der Waals surface area contributed by atoms with Gasteiger partial charge in [-0.2, -0.15) is 4.31 Å². The molecular weight excluding hydrogens is 346 g/mol. The SMILES string of the molecule is O=S(=O)(Cc1ccccc1)N1CCN(Cc2cccc3c2NCC3)CC1. The van der Waals surface area contributed by atoms with Gasteiger partial charge in [0.1, 0.15) is 0 Å². The van der Waals surface area contributed by atoms with Crippen molar-refractivity contribution in [1.82, 2.24) is 9.21 Å². The highest BCUT2D eigenvalue weighted by Gasteiger charge is 2.27. The molecular formula is C20H25N3O2S. The third-order valence-electron chi connectivity index (χ3n) is 5.24. The van der Waals surface area contributed by atoms with Crippen LogP contribution in [0.1, 0.15) is 16.7 Å². The van der Waals surface area contributed by atoms with E-state index >= 15 is 0 Å². The Hall–Kier alpha value is -1.89. The second kappa shape index (κ2) is 7.39. The highest BCUT2D eigenvalue weighted by Crippen LogP contribution is 2.27. The number of para-hydroxylation sites is 1. The number of rotatable bonds is 5. The predicted molar refractivity (Wildman–Crippen MR) is 105 cm³/mol. The number of nitrogens with one attached hydrogen (secondary N) is 1. The molecule has 0 unspecified atom stereocenters. The van der Waals surface area contributed by atoms with Crippen LogP contribution < -0.4 is 5.32 Å². The lowest BCUT2D eigenvalue weighted by Gasteiger charge is -2.34. The summed E-state index contributed by atoms with van der Waals surface area (Å²) in [4.78, 5) is 2.35. The molecule has 2 aromatic carbocycles. The third kappa shape index (κ3) is 3.77. The molecule has 26 heavy (non-hydrogen) atoms. The van der Waals surface area contributed by atoms with Crippen LogP contribution in [0, 0.1) is 0 Å². The third-order valence-corrected chi connectivity index (χ3v) is 7.09. The molecule has 0 aromatic heterocycles. The molecule has 2 aliphatic rings. The van der Waals surface area contributed by atoms with Crippen LogP contribution >= 0.6 is 0 Å². The van der Waals surface area contributed by atoms with Gasteiger partial charge >= 0.3 is 0 Å². The number of fused-ring (bicyclic) bond motifs is 1. The van der Waals surface area contributed by atoms with E-state index in [1.807, 2.05) is 30.3 Å². The van der Waals surface area contributed by atoms with E-state index in [4.69, 9.17) is 0 Å². The minimum Gasteiger partial charge on any atom is -0.384 e. The number of benzene rings is 2. The molecule has 0 saturated carbocycles. The first-order valence-electron chi connectivity index (χ1n) is 9.20. The molecule has 0 spiro atoms. The van der Waals surface area contributed by atoms with E-state index in [2.05, 4.69) is 28.4 Å². The first-order chi connectivity index (χ1) is 12.6. The molecule has 0 amide bonds. The van der Waals surface area contributed by atoms with E-state index in [-0.39, 0.29) is 5.75 Å². The van der Waals surface area contributed by atoms with Crippen molar-refractivity contribution in [3.05, 3.63) is 65.2 Å². The Labute approximate surface area is 155 Å². The second-order valence-electron chi connectivity index (χ2n) is 7.05. The number of sulfonamides is 1. The fraction of sp³-hybridized carbons (Fsp3) is 0.400. The lowest BCUT2D eigenvalue weighted by molar-refractivity contribution is 0.181. The predicted octanol–water partition coefficient (Wildman–Crippen LogP) is 2.30. The maximum atomic E-state index is 12.7. The first-order valence-corrected chi connectivity index (χ1v) is 10.8. The van der Waals surface area contributed by atoms with Crippen molar-refractivity contribution in [2.24, 2.45) is 0 Å². The Morgan fingerprint density at radius 3 is 2.46 bits per heavy atom. The van der Waals surface area contributed by atoms with E-state index < -0.39 is 10.0 Å². The summed E-state index contributed by atoms with van der Waals surface area (Å²) < 4.78 is 27.0. The number of piperazine rings is 1. The molecule has 6 heteroatoms. The summed E-state index contributed by atoms with van der Waals surface area (Å²) in [7, 11) is -3.25. The zero-order chi connectivity index (χ0) is 18.0. The lowest BCUT2D eigenvalue weighted by atomic mass is 10.1. The van der Waals surface area contributed by atoms with Gasteiger partial charge in [0, 0.05) is 45.0 Å². The lowest BCUT2D eigenvalue weighted by Crippen LogP contribution is -2.48. The summed E-state index contributed by atoms with van der Waals surface area (Å²) in [5.41, 5.74) is 4.85. The van der Waals surface area contributed by atoms with E-state index in [0.717, 1.165) is 38.2 Å². The number of anilines is 1. The number of nitrogens with zero attached hydrogens (tertiary/aromatic N) is 2. The van der Waals surface area contributed by atoms with Gasteiger partial charge in [-0.25, -0.2) is 8.42 Å². The van der Waals surface area contributed by atoms with Crippen molar-refractivity contribution in [2.75, 3.05) is 38.0 Å². The summed E-state index contributed by atoms with van der Waals surface area (Å²) in [6, 6.07) is 15.9. The van der Waals surface area contributed by atoms with E-state index in [1.165, 1.54) is 16.8 Å². The van der Waals surface area contributed by atoms with E-state index in [9.17, 15) is 8.42 Å². The average Bonchev–Trinajstić information content (AvgIpc) is 3.13. The molecule has 2 aliphatic heterocycles. The molecule has 1 saturated heterocycles. The number of hydrogen-bond acceptors (Lipinski definition) is 4. The molecule has 2 heterocycles. The highest BCUT2D eigenvalue weighted by atomic mass is 32.2. The van der Waals surface area contributed by atoms with Crippen molar-refractivity contribution in [3.8, 4) is 0 Å². The fourth-order valence-corrected chi connectivity index (χ4v) is 5.34. The molecule has 0 aliphatic carbocycles. The van der Waals surface area contributed by atoms with Crippen LogP contribution in [0.25, 0.3) is 0 Å². The Bertz CT molecular complexity index is 860. The maximum absolute atomic E-state index is 12.7. The summed E-state index contributed by atoms with van der Waals surface area (Å²) in [5, 5.41) is 3.49. The molecule has 1 fully saturated rings. The van der Waals surface area contributed by atoms with Gasteiger partial charge in [-0.3, -0.25) is 4.90 Å². The van der Waals surface area contributed by atoms with E-state index in [1.54, 1.807) is 4.31 Å². The maximum Gasteiger partial charge on any atom is 0.218 e. The summed E-state index contributed by atoms with van der Waals surface area (Å²) in [5.74, 6) is 0.0873. The Kier molecular flexibility index (Phi) is 4.98. The summed E-state index contributed by atoms with van der Waals surface area (Å²) >= 11 is 0. The monoisotopic (exact) mass is 371 g/mol. The van der Waals surface area contributed by atoms with Crippen LogP contribution in [0.2, 0.25) is 0 Å². The van der Waals surface area contributed by atoms with Gasteiger partial charge in [0.2, 0.25) is 10.0 Å². The standard InChI is InChI=1S/C20H25N3O2S/c24-26(25,16-17-5-2-1-3-6-17)23-13-11-22(12-14-23)15-19-8-4-7-18-9-10-21-20(18)19/h1-8,21H,9-16H2. The average molecular weight is 372 g/mol. The molecule has 1 N–H and O–H groups in total. The van der Waals surface area contributed by atoms with Crippen LogP contribution in [0.15, 0.2) is 48.5 Å². The Morgan fingerprint density at radius 1 is 0.923 bits per heavy atom. The smallest absolute Gasteiger partial charge is 0.218 e. The topological polar surface area (TPSA) is 52.7 Å². The van der Waals surface area contributed by atoms with Crippen molar-refractivity contribution in [1.29, 1.82) is 0 Å². The fourth-order valence-electron chi connectivity index (χ4n) is 3.83. The minimum absolute atomic E-state index is 0.0873. The van der Waals surface area contributed by atoms with Crippen molar-refractivity contribution >= 4 is 15.7 Å².